The molecule has 1 amide bonds. The molecule has 0 fully saturated rings. The minimum Gasteiger partial charge on any atom is -0.482 e. The van der Waals surface area contributed by atoms with Gasteiger partial charge in [0.25, 0.3) is 5.91 Å². The summed E-state index contributed by atoms with van der Waals surface area (Å²) in [6.45, 7) is 1.37. The number of aliphatic hydroxyl groups excluding tert-OH is 1. The standard InChI is InChI=1S/C12H15ClFNO3/c1-8(6-16)15(2)12(17)7-18-11-4-3-9(14)5-10(11)13/h3-5,8,16H,6-7H2,1-2H3. The van der Waals surface area contributed by atoms with E-state index in [0.29, 0.717) is 0 Å². The van der Waals surface area contributed by atoms with E-state index >= 15 is 0 Å². The predicted molar refractivity (Wildman–Crippen MR) is 66.2 cm³/mol. The first kappa shape index (κ1) is 14.7. The lowest BCUT2D eigenvalue weighted by atomic mass is 10.3. The zero-order chi connectivity index (χ0) is 13.7. The fourth-order valence-corrected chi connectivity index (χ4v) is 1.42. The minimum absolute atomic E-state index is 0.112. The Balaban J connectivity index is 2.57. The second-order valence-electron chi connectivity index (χ2n) is 3.90. The Hall–Kier alpha value is -1.33. The molecule has 18 heavy (non-hydrogen) atoms. The second kappa shape index (κ2) is 6.56. The minimum atomic E-state index is -0.468. The molecule has 0 heterocycles. The highest BCUT2D eigenvalue weighted by Gasteiger charge is 2.15. The molecule has 1 aromatic rings. The predicted octanol–water partition coefficient (Wildman–Crippen LogP) is 1.70. The molecule has 0 aliphatic rings. The van der Waals surface area contributed by atoms with Gasteiger partial charge < -0.3 is 14.7 Å². The molecular weight excluding hydrogens is 261 g/mol. The number of hydrogen-bond donors (Lipinski definition) is 1. The number of carbonyl (C=O) groups is 1. The van der Waals surface area contributed by atoms with Crippen LogP contribution in [0.2, 0.25) is 5.02 Å². The maximum atomic E-state index is 12.8. The highest BCUT2D eigenvalue weighted by Crippen LogP contribution is 2.24. The van der Waals surface area contributed by atoms with Crippen molar-refractivity contribution < 1.29 is 19.0 Å². The van der Waals surface area contributed by atoms with Gasteiger partial charge in [0.05, 0.1) is 17.7 Å². The quantitative estimate of drug-likeness (QED) is 0.890. The third kappa shape index (κ3) is 3.85. The third-order valence-corrected chi connectivity index (χ3v) is 2.86. The summed E-state index contributed by atoms with van der Waals surface area (Å²) >= 11 is 5.75. The van der Waals surface area contributed by atoms with Crippen LogP contribution in [0.4, 0.5) is 4.39 Å². The molecule has 0 spiro atoms. The number of carbonyl (C=O) groups excluding carboxylic acids is 1. The van der Waals surface area contributed by atoms with E-state index in [1.165, 1.54) is 17.0 Å². The van der Waals surface area contributed by atoms with Crippen molar-refractivity contribution in [2.45, 2.75) is 13.0 Å². The fraction of sp³-hybridized carbons (Fsp3) is 0.417. The Morgan fingerprint density at radius 1 is 1.61 bits per heavy atom. The highest BCUT2D eigenvalue weighted by molar-refractivity contribution is 6.32. The summed E-state index contributed by atoms with van der Waals surface area (Å²) in [6.07, 6.45) is 0. The van der Waals surface area contributed by atoms with E-state index in [1.807, 2.05) is 0 Å². The zero-order valence-corrected chi connectivity index (χ0v) is 10.9. The van der Waals surface area contributed by atoms with E-state index in [2.05, 4.69) is 0 Å². The lowest BCUT2D eigenvalue weighted by Gasteiger charge is -2.23. The Kier molecular flexibility index (Phi) is 5.37. The number of likely N-dealkylation sites (N-methyl/N-ethyl adjacent to an activating group) is 1. The van der Waals surface area contributed by atoms with Gasteiger partial charge >= 0.3 is 0 Å². The zero-order valence-electron chi connectivity index (χ0n) is 10.2. The Morgan fingerprint density at radius 3 is 2.83 bits per heavy atom. The molecule has 6 heteroatoms. The smallest absolute Gasteiger partial charge is 0.260 e. The van der Waals surface area contributed by atoms with Gasteiger partial charge in [0, 0.05) is 7.05 Å². The molecule has 0 bridgehead atoms. The summed E-state index contributed by atoms with van der Waals surface area (Å²) in [5.74, 6) is -0.516. The molecule has 0 aromatic heterocycles. The van der Waals surface area contributed by atoms with E-state index in [0.717, 1.165) is 6.07 Å². The molecule has 4 nitrogen and oxygen atoms in total. The highest BCUT2D eigenvalue weighted by atomic mass is 35.5. The molecular formula is C12H15ClFNO3. The van der Waals surface area contributed by atoms with Gasteiger partial charge in [-0.15, -0.1) is 0 Å². The Labute approximate surface area is 110 Å². The lowest BCUT2D eigenvalue weighted by molar-refractivity contribution is -0.134. The molecule has 0 saturated heterocycles. The van der Waals surface area contributed by atoms with Crippen molar-refractivity contribution in [2.75, 3.05) is 20.3 Å². The first-order chi connectivity index (χ1) is 8.45. The van der Waals surface area contributed by atoms with Gasteiger partial charge in [0.1, 0.15) is 11.6 Å². The van der Waals surface area contributed by atoms with Crippen LogP contribution in [0.15, 0.2) is 18.2 Å². The van der Waals surface area contributed by atoms with Gasteiger partial charge in [0.15, 0.2) is 6.61 Å². The summed E-state index contributed by atoms with van der Waals surface area (Å²) < 4.78 is 18.0. The molecule has 1 aromatic carbocycles. The molecule has 0 radical (unpaired) electrons. The van der Waals surface area contributed by atoms with Gasteiger partial charge in [-0.3, -0.25) is 4.79 Å². The topological polar surface area (TPSA) is 49.8 Å². The number of nitrogens with zero attached hydrogens (tertiary/aromatic N) is 1. The van der Waals surface area contributed by atoms with Crippen LogP contribution in [0.3, 0.4) is 0 Å². The molecule has 100 valence electrons. The van der Waals surface area contributed by atoms with Crippen molar-refractivity contribution in [3.63, 3.8) is 0 Å². The summed E-state index contributed by atoms with van der Waals surface area (Å²) in [6, 6.07) is 3.39. The van der Waals surface area contributed by atoms with Crippen LogP contribution in [-0.4, -0.2) is 42.2 Å². The van der Waals surface area contributed by atoms with Crippen molar-refractivity contribution in [2.24, 2.45) is 0 Å². The summed E-state index contributed by atoms with van der Waals surface area (Å²) in [5, 5.41) is 9.03. The number of ether oxygens (including phenoxy) is 1. The molecule has 0 aliphatic heterocycles. The third-order valence-electron chi connectivity index (χ3n) is 2.56. The summed E-state index contributed by atoms with van der Waals surface area (Å²) in [4.78, 5) is 13.0. The van der Waals surface area contributed by atoms with E-state index in [-0.39, 0.29) is 35.9 Å². The average molecular weight is 276 g/mol. The van der Waals surface area contributed by atoms with Gasteiger partial charge in [-0.1, -0.05) is 11.6 Å². The normalized spacial score (nSPS) is 12.1. The molecule has 1 N–H and O–H groups in total. The van der Waals surface area contributed by atoms with Crippen LogP contribution in [-0.2, 0) is 4.79 Å². The summed E-state index contributed by atoms with van der Waals surface area (Å²) in [7, 11) is 1.57. The van der Waals surface area contributed by atoms with E-state index in [1.54, 1.807) is 14.0 Å². The number of amides is 1. The van der Waals surface area contributed by atoms with Crippen LogP contribution in [0, 0.1) is 5.82 Å². The largest absolute Gasteiger partial charge is 0.482 e. The van der Waals surface area contributed by atoms with E-state index < -0.39 is 5.82 Å². The fourth-order valence-electron chi connectivity index (χ4n) is 1.20. The van der Waals surface area contributed by atoms with Gasteiger partial charge in [-0.2, -0.15) is 0 Å². The van der Waals surface area contributed by atoms with Crippen LogP contribution in [0.25, 0.3) is 0 Å². The average Bonchev–Trinajstić information content (AvgIpc) is 2.35. The number of aliphatic hydroxyl groups is 1. The Bertz CT molecular complexity index is 428. The first-order valence-electron chi connectivity index (χ1n) is 5.40. The van der Waals surface area contributed by atoms with Crippen molar-refractivity contribution in [1.29, 1.82) is 0 Å². The van der Waals surface area contributed by atoms with Gasteiger partial charge in [0.2, 0.25) is 0 Å². The van der Waals surface area contributed by atoms with Crippen molar-refractivity contribution in [3.8, 4) is 5.75 Å². The number of rotatable bonds is 5. The van der Waals surface area contributed by atoms with Crippen molar-refractivity contribution >= 4 is 17.5 Å². The Morgan fingerprint density at radius 2 is 2.28 bits per heavy atom. The van der Waals surface area contributed by atoms with E-state index in [4.69, 9.17) is 21.4 Å². The van der Waals surface area contributed by atoms with Crippen LogP contribution < -0.4 is 4.74 Å². The number of benzene rings is 1. The SMILES string of the molecule is CC(CO)N(C)C(=O)COc1ccc(F)cc1Cl. The number of hydrogen-bond acceptors (Lipinski definition) is 3. The van der Waals surface area contributed by atoms with Gasteiger partial charge in [-0.05, 0) is 25.1 Å². The number of halogens is 2. The molecule has 1 unspecified atom stereocenters. The molecule has 1 atom stereocenters. The van der Waals surface area contributed by atoms with Crippen LogP contribution in [0.5, 0.6) is 5.75 Å². The van der Waals surface area contributed by atoms with Gasteiger partial charge in [-0.25, -0.2) is 4.39 Å². The first-order valence-corrected chi connectivity index (χ1v) is 5.78. The van der Waals surface area contributed by atoms with E-state index in [9.17, 15) is 9.18 Å². The van der Waals surface area contributed by atoms with Crippen LogP contribution in [0.1, 0.15) is 6.92 Å². The maximum Gasteiger partial charge on any atom is 0.260 e. The second-order valence-corrected chi connectivity index (χ2v) is 4.31. The molecule has 1 rings (SSSR count). The summed E-state index contributed by atoms with van der Waals surface area (Å²) in [5.41, 5.74) is 0. The van der Waals surface area contributed by atoms with Crippen molar-refractivity contribution in [1.82, 2.24) is 4.90 Å². The molecule has 0 aliphatic carbocycles. The van der Waals surface area contributed by atoms with Crippen molar-refractivity contribution in [3.05, 3.63) is 29.0 Å². The van der Waals surface area contributed by atoms with Crippen LogP contribution >= 0.6 is 11.6 Å². The maximum absolute atomic E-state index is 12.8. The monoisotopic (exact) mass is 275 g/mol. The molecule has 0 saturated carbocycles. The lowest BCUT2D eigenvalue weighted by Crippen LogP contribution is -2.40.